The van der Waals surface area contributed by atoms with Crippen molar-refractivity contribution in [3.05, 3.63) is 29.8 Å². The number of primary sulfonamides is 1. The van der Waals surface area contributed by atoms with Crippen molar-refractivity contribution in [2.45, 2.75) is 43.9 Å². The lowest BCUT2D eigenvalue weighted by Gasteiger charge is -2.18. The Balaban J connectivity index is 1.79. The lowest BCUT2D eigenvalue weighted by molar-refractivity contribution is -0.125. The van der Waals surface area contributed by atoms with Crippen molar-refractivity contribution in [2.75, 3.05) is 6.54 Å². The molecule has 3 N–H and O–H groups in total. The van der Waals surface area contributed by atoms with Gasteiger partial charge in [-0.1, -0.05) is 31.9 Å². The predicted molar refractivity (Wildman–Crippen MR) is 85.7 cm³/mol. The number of carbonyl (C=O) groups is 1. The van der Waals surface area contributed by atoms with Gasteiger partial charge < -0.3 is 5.32 Å². The van der Waals surface area contributed by atoms with E-state index >= 15 is 0 Å². The zero-order valence-electron chi connectivity index (χ0n) is 12.9. The van der Waals surface area contributed by atoms with Crippen molar-refractivity contribution in [3.8, 4) is 0 Å². The van der Waals surface area contributed by atoms with Crippen molar-refractivity contribution < 1.29 is 13.2 Å². The fourth-order valence-electron chi connectivity index (χ4n) is 3.01. The lowest BCUT2D eigenvalue weighted by atomic mass is 9.92. The van der Waals surface area contributed by atoms with E-state index in [1.54, 1.807) is 12.1 Å². The maximum atomic E-state index is 12.1. The predicted octanol–water partition coefficient (Wildman–Crippen LogP) is 1.82. The first-order chi connectivity index (χ1) is 10.4. The maximum Gasteiger partial charge on any atom is 0.238 e. The molecule has 1 fully saturated rings. The van der Waals surface area contributed by atoms with E-state index in [0.717, 1.165) is 18.4 Å². The van der Waals surface area contributed by atoms with Crippen molar-refractivity contribution in [2.24, 2.45) is 17.0 Å². The Morgan fingerprint density at radius 3 is 2.41 bits per heavy atom. The first kappa shape index (κ1) is 17.0. The van der Waals surface area contributed by atoms with Gasteiger partial charge in [0.15, 0.2) is 0 Å². The van der Waals surface area contributed by atoms with E-state index in [1.165, 1.54) is 25.0 Å². The van der Waals surface area contributed by atoms with Crippen LogP contribution in [-0.2, 0) is 21.2 Å². The molecule has 22 heavy (non-hydrogen) atoms. The molecule has 1 amide bonds. The van der Waals surface area contributed by atoms with E-state index in [4.69, 9.17) is 5.14 Å². The van der Waals surface area contributed by atoms with Crippen LogP contribution in [0.3, 0.4) is 0 Å². The van der Waals surface area contributed by atoms with Gasteiger partial charge in [0, 0.05) is 12.5 Å². The summed E-state index contributed by atoms with van der Waals surface area (Å²) >= 11 is 0. The highest BCUT2D eigenvalue weighted by Gasteiger charge is 2.26. The molecule has 1 saturated carbocycles. The van der Waals surface area contributed by atoms with E-state index in [2.05, 4.69) is 5.32 Å². The summed E-state index contributed by atoms with van der Waals surface area (Å²) in [6, 6.07) is 6.44. The van der Waals surface area contributed by atoms with Gasteiger partial charge in [-0.2, -0.15) is 0 Å². The van der Waals surface area contributed by atoms with Crippen LogP contribution in [0.4, 0.5) is 0 Å². The van der Waals surface area contributed by atoms with Crippen LogP contribution in [0.15, 0.2) is 29.2 Å². The zero-order chi connectivity index (χ0) is 16.2. The smallest absolute Gasteiger partial charge is 0.238 e. The summed E-state index contributed by atoms with van der Waals surface area (Å²) in [6.07, 6.45) is 5.46. The molecule has 0 saturated heterocycles. The van der Waals surface area contributed by atoms with Crippen LogP contribution in [0.1, 0.15) is 38.2 Å². The summed E-state index contributed by atoms with van der Waals surface area (Å²) in [6.45, 7) is 2.57. The minimum Gasteiger partial charge on any atom is -0.356 e. The highest BCUT2D eigenvalue weighted by molar-refractivity contribution is 7.89. The molecule has 0 radical (unpaired) electrons. The molecule has 1 aromatic carbocycles. The summed E-state index contributed by atoms with van der Waals surface area (Å²) in [5.74, 6) is 0.717. The number of sulfonamides is 1. The molecule has 0 aromatic heterocycles. The number of benzene rings is 1. The second-order valence-corrected chi connectivity index (χ2v) is 7.62. The van der Waals surface area contributed by atoms with Gasteiger partial charge in [-0.15, -0.1) is 0 Å². The van der Waals surface area contributed by atoms with Crippen LogP contribution < -0.4 is 10.5 Å². The Hall–Kier alpha value is -1.40. The average molecular weight is 324 g/mol. The van der Waals surface area contributed by atoms with Gasteiger partial charge >= 0.3 is 0 Å². The molecular formula is C16H24N2O3S. The summed E-state index contributed by atoms with van der Waals surface area (Å²) in [7, 11) is -3.64. The number of nitrogens with two attached hydrogens (primary N) is 1. The van der Waals surface area contributed by atoms with Crippen molar-refractivity contribution in [1.29, 1.82) is 0 Å². The summed E-state index contributed by atoms with van der Waals surface area (Å²) in [5, 5.41) is 8.03. The molecule has 1 aliphatic carbocycles. The molecule has 6 heteroatoms. The van der Waals surface area contributed by atoms with Gasteiger partial charge in [0.05, 0.1) is 4.90 Å². The minimum absolute atomic E-state index is 0.0762. The molecule has 1 aromatic rings. The van der Waals surface area contributed by atoms with Crippen LogP contribution in [0.5, 0.6) is 0 Å². The monoisotopic (exact) mass is 324 g/mol. The number of hydrogen-bond donors (Lipinski definition) is 2. The normalized spacial score (nSPS) is 17.4. The fraction of sp³-hybridized carbons (Fsp3) is 0.562. The van der Waals surface area contributed by atoms with Crippen LogP contribution in [0.2, 0.25) is 0 Å². The van der Waals surface area contributed by atoms with Gasteiger partial charge in [0.25, 0.3) is 0 Å². The topological polar surface area (TPSA) is 89.3 Å². The standard InChI is InChI=1S/C16H24N2O3S/c1-12(14-4-2-3-5-14)16(19)18-11-10-13-6-8-15(9-7-13)22(17,20)21/h6-9,12,14H,2-5,10-11H2,1H3,(H,18,19)(H2,17,20,21). The van der Waals surface area contributed by atoms with Crippen LogP contribution in [0, 0.1) is 11.8 Å². The molecule has 1 unspecified atom stereocenters. The molecule has 0 aliphatic heterocycles. The largest absolute Gasteiger partial charge is 0.356 e. The highest BCUT2D eigenvalue weighted by Crippen LogP contribution is 2.31. The minimum atomic E-state index is -3.64. The Morgan fingerprint density at radius 1 is 1.27 bits per heavy atom. The molecule has 5 nitrogen and oxygen atoms in total. The molecule has 0 heterocycles. The number of hydrogen-bond acceptors (Lipinski definition) is 3. The highest BCUT2D eigenvalue weighted by atomic mass is 32.2. The number of amides is 1. The number of carbonyl (C=O) groups excluding carboxylic acids is 1. The average Bonchev–Trinajstić information content (AvgIpc) is 3.00. The molecule has 0 bridgehead atoms. The van der Waals surface area contributed by atoms with Gasteiger partial charge in [-0.3, -0.25) is 4.79 Å². The van der Waals surface area contributed by atoms with E-state index in [9.17, 15) is 13.2 Å². The maximum absolute atomic E-state index is 12.1. The number of rotatable bonds is 6. The van der Waals surface area contributed by atoms with E-state index in [0.29, 0.717) is 18.9 Å². The third-order valence-electron chi connectivity index (χ3n) is 4.49. The second kappa shape index (κ2) is 7.24. The molecule has 1 aliphatic rings. The second-order valence-electron chi connectivity index (χ2n) is 6.06. The first-order valence-corrected chi connectivity index (χ1v) is 9.32. The van der Waals surface area contributed by atoms with E-state index in [1.807, 2.05) is 6.92 Å². The van der Waals surface area contributed by atoms with Crippen molar-refractivity contribution in [3.63, 3.8) is 0 Å². The summed E-state index contributed by atoms with van der Waals surface area (Å²) < 4.78 is 22.3. The van der Waals surface area contributed by atoms with Crippen LogP contribution in [-0.4, -0.2) is 20.9 Å². The molecule has 122 valence electrons. The first-order valence-electron chi connectivity index (χ1n) is 7.77. The summed E-state index contributed by atoms with van der Waals surface area (Å²) in [5.41, 5.74) is 0.973. The fourth-order valence-corrected chi connectivity index (χ4v) is 3.52. The third-order valence-corrected chi connectivity index (χ3v) is 5.41. The van der Waals surface area contributed by atoms with E-state index < -0.39 is 10.0 Å². The van der Waals surface area contributed by atoms with Crippen molar-refractivity contribution >= 4 is 15.9 Å². The van der Waals surface area contributed by atoms with Gasteiger partial charge in [0.1, 0.15) is 0 Å². The summed E-state index contributed by atoms with van der Waals surface area (Å²) in [4.78, 5) is 12.2. The Morgan fingerprint density at radius 2 is 1.86 bits per heavy atom. The Labute approximate surface area is 132 Å². The van der Waals surface area contributed by atoms with Gasteiger partial charge in [0.2, 0.25) is 15.9 Å². The SMILES string of the molecule is CC(C(=O)NCCc1ccc(S(N)(=O)=O)cc1)C1CCCC1. The van der Waals surface area contributed by atoms with Crippen molar-refractivity contribution in [1.82, 2.24) is 5.32 Å². The molecule has 1 atom stereocenters. The molecular weight excluding hydrogens is 300 g/mol. The quantitative estimate of drug-likeness (QED) is 0.836. The van der Waals surface area contributed by atoms with Crippen LogP contribution >= 0.6 is 0 Å². The van der Waals surface area contributed by atoms with Crippen LogP contribution in [0.25, 0.3) is 0 Å². The molecule has 0 spiro atoms. The zero-order valence-corrected chi connectivity index (χ0v) is 13.7. The lowest BCUT2D eigenvalue weighted by Crippen LogP contribution is -2.33. The Kier molecular flexibility index (Phi) is 5.58. The Bertz CT molecular complexity index is 605. The van der Waals surface area contributed by atoms with Gasteiger partial charge in [-0.05, 0) is 42.9 Å². The number of nitrogens with one attached hydrogen (secondary N) is 1. The van der Waals surface area contributed by atoms with Gasteiger partial charge in [-0.25, -0.2) is 13.6 Å². The van der Waals surface area contributed by atoms with E-state index in [-0.39, 0.29) is 16.7 Å². The third kappa shape index (κ3) is 4.55. The molecule has 2 rings (SSSR count).